The molecule has 0 aliphatic heterocycles. The van der Waals surface area contributed by atoms with E-state index in [4.69, 9.17) is 5.11 Å². The molecule has 0 aromatic heterocycles. The van der Waals surface area contributed by atoms with Gasteiger partial charge >= 0.3 is 0 Å². The van der Waals surface area contributed by atoms with Crippen molar-refractivity contribution in [3.63, 3.8) is 0 Å². The summed E-state index contributed by atoms with van der Waals surface area (Å²) in [5.74, 6) is -0.239. The van der Waals surface area contributed by atoms with Gasteiger partial charge in [0.1, 0.15) is 5.82 Å². The Morgan fingerprint density at radius 2 is 1.83 bits per heavy atom. The first-order valence-corrected chi connectivity index (χ1v) is 4.19. The lowest BCUT2D eigenvalue weighted by Crippen LogP contribution is -1.93. The summed E-state index contributed by atoms with van der Waals surface area (Å²) in [6.07, 6.45) is 0.396. The number of aliphatic hydroxyl groups is 1. The molecule has 0 aliphatic carbocycles. The first-order valence-electron chi connectivity index (χ1n) is 4.19. The fourth-order valence-electron chi connectivity index (χ4n) is 0.822. The average Bonchev–Trinajstić information content (AvgIpc) is 2.13. The summed E-state index contributed by atoms with van der Waals surface area (Å²) < 4.78 is 12.7. The maximum absolute atomic E-state index is 12.7. The topological polar surface area (TPSA) is 20.2 Å². The zero-order chi connectivity index (χ0) is 9.40. The molecule has 68 valence electrons. The molecule has 1 N–H and O–H groups in total. The highest BCUT2D eigenvalue weighted by Gasteiger charge is 1.96. The van der Waals surface area contributed by atoms with Crippen molar-refractivity contribution in [1.82, 2.24) is 0 Å². The summed E-state index contributed by atoms with van der Waals surface area (Å²) in [5.41, 5.74) is 0.574. The Kier molecular flexibility index (Phi) is 6.29. The molecule has 1 aromatic rings. The van der Waals surface area contributed by atoms with Crippen LogP contribution in [0.2, 0.25) is 0 Å². The molecule has 0 bridgehead atoms. The summed E-state index contributed by atoms with van der Waals surface area (Å²) in [4.78, 5) is 0. The van der Waals surface area contributed by atoms with Gasteiger partial charge in [-0.3, -0.25) is 0 Å². The van der Waals surface area contributed by atoms with Gasteiger partial charge in [-0.25, -0.2) is 4.39 Å². The molecular weight excluding hydrogens is 155 g/mol. The predicted molar refractivity (Wildman–Crippen MR) is 48.5 cm³/mol. The van der Waals surface area contributed by atoms with E-state index in [-0.39, 0.29) is 12.4 Å². The minimum absolute atomic E-state index is 0.000926. The Bertz CT molecular complexity index is 211. The molecule has 0 heterocycles. The lowest BCUT2D eigenvalue weighted by molar-refractivity contribution is 0.297. The highest BCUT2D eigenvalue weighted by Crippen LogP contribution is 2.05. The Labute approximate surface area is 72.9 Å². The third-order valence-electron chi connectivity index (χ3n) is 1.34. The van der Waals surface area contributed by atoms with E-state index in [9.17, 15) is 4.39 Å². The largest absolute Gasteiger partial charge is 0.396 e. The molecule has 0 spiro atoms. The van der Waals surface area contributed by atoms with E-state index in [1.807, 2.05) is 13.8 Å². The van der Waals surface area contributed by atoms with Gasteiger partial charge in [0.25, 0.3) is 0 Å². The lowest BCUT2D eigenvalue weighted by Gasteiger charge is -1.97. The molecule has 0 aliphatic rings. The fraction of sp³-hybridized carbons (Fsp3) is 0.400. The predicted octanol–water partition coefficient (Wildman–Crippen LogP) is 2.39. The molecule has 0 saturated heterocycles. The van der Waals surface area contributed by atoms with E-state index in [0.29, 0.717) is 12.0 Å². The van der Waals surface area contributed by atoms with E-state index < -0.39 is 0 Å². The van der Waals surface area contributed by atoms with E-state index in [2.05, 4.69) is 0 Å². The van der Waals surface area contributed by atoms with Crippen LogP contribution in [0.4, 0.5) is 4.39 Å². The highest BCUT2D eigenvalue weighted by atomic mass is 19.1. The van der Waals surface area contributed by atoms with Crippen molar-refractivity contribution in [3.8, 4) is 0 Å². The second kappa shape index (κ2) is 6.80. The molecule has 0 amide bonds. The van der Waals surface area contributed by atoms with Gasteiger partial charge < -0.3 is 5.11 Å². The number of aliphatic hydroxyl groups excluding tert-OH is 1. The van der Waals surface area contributed by atoms with Crippen LogP contribution < -0.4 is 0 Å². The molecule has 0 fully saturated rings. The molecular formula is C10H15FO. The standard InChI is InChI=1S/C8H9FO.C2H6/c9-8-4-2-1-3-7(8)5-6-10;1-2/h1-4,10H,5-6H2;1-2H3. The van der Waals surface area contributed by atoms with Gasteiger partial charge in [-0.2, -0.15) is 0 Å². The van der Waals surface area contributed by atoms with E-state index in [0.717, 1.165) is 0 Å². The molecule has 2 heteroatoms. The third-order valence-corrected chi connectivity index (χ3v) is 1.34. The van der Waals surface area contributed by atoms with Crippen molar-refractivity contribution < 1.29 is 9.50 Å². The first-order chi connectivity index (χ1) is 5.84. The van der Waals surface area contributed by atoms with E-state index >= 15 is 0 Å². The van der Waals surface area contributed by atoms with Crippen molar-refractivity contribution >= 4 is 0 Å². The van der Waals surface area contributed by atoms with E-state index in [1.165, 1.54) is 6.07 Å². The lowest BCUT2D eigenvalue weighted by atomic mass is 10.1. The number of rotatable bonds is 2. The van der Waals surface area contributed by atoms with Crippen molar-refractivity contribution in [2.75, 3.05) is 6.61 Å². The van der Waals surface area contributed by atoms with E-state index in [1.54, 1.807) is 18.2 Å². The van der Waals surface area contributed by atoms with Gasteiger partial charge in [0.05, 0.1) is 0 Å². The minimum atomic E-state index is -0.239. The summed E-state index contributed by atoms with van der Waals surface area (Å²) in [6.45, 7) is 4.00. The van der Waals surface area contributed by atoms with Crippen LogP contribution in [0.1, 0.15) is 19.4 Å². The Balaban J connectivity index is 0.000000561. The average molecular weight is 170 g/mol. The highest BCUT2D eigenvalue weighted by molar-refractivity contribution is 5.17. The first kappa shape index (κ1) is 11.1. The number of halogens is 1. The number of hydrogen-bond donors (Lipinski definition) is 1. The normalized spacial score (nSPS) is 8.67. The Morgan fingerprint density at radius 1 is 1.25 bits per heavy atom. The van der Waals surface area contributed by atoms with Crippen LogP contribution in [-0.2, 0) is 6.42 Å². The summed E-state index contributed by atoms with van der Waals surface area (Å²) >= 11 is 0. The van der Waals surface area contributed by atoms with Gasteiger partial charge in [-0.1, -0.05) is 32.0 Å². The summed E-state index contributed by atoms with van der Waals surface area (Å²) in [6, 6.07) is 6.46. The molecule has 0 saturated carbocycles. The van der Waals surface area contributed by atoms with Gasteiger partial charge in [0.15, 0.2) is 0 Å². The quantitative estimate of drug-likeness (QED) is 0.722. The summed E-state index contributed by atoms with van der Waals surface area (Å²) in [5, 5.41) is 8.48. The molecule has 0 radical (unpaired) electrons. The minimum Gasteiger partial charge on any atom is -0.396 e. The van der Waals surface area contributed by atoms with Gasteiger partial charge in [-0.15, -0.1) is 0 Å². The van der Waals surface area contributed by atoms with Crippen LogP contribution in [-0.4, -0.2) is 11.7 Å². The van der Waals surface area contributed by atoms with Crippen LogP contribution in [0.5, 0.6) is 0 Å². The Hall–Kier alpha value is -0.890. The summed E-state index contributed by atoms with van der Waals surface area (Å²) in [7, 11) is 0. The second-order valence-corrected chi connectivity index (χ2v) is 2.07. The van der Waals surface area contributed by atoms with Crippen LogP contribution in [0.25, 0.3) is 0 Å². The van der Waals surface area contributed by atoms with Crippen molar-refractivity contribution in [2.24, 2.45) is 0 Å². The zero-order valence-corrected chi connectivity index (χ0v) is 7.55. The number of hydrogen-bond acceptors (Lipinski definition) is 1. The monoisotopic (exact) mass is 170 g/mol. The van der Waals surface area contributed by atoms with Gasteiger partial charge in [-0.05, 0) is 18.1 Å². The van der Waals surface area contributed by atoms with Crippen LogP contribution >= 0.6 is 0 Å². The fourth-order valence-corrected chi connectivity index (χ4v) is 0.822. The molecule has 0 atom stereocenters. The van der Waals surface area contributed by atoms with Crippen molar-refractivity contribution in [2.45, 2.75) is 20.3 Å². The molecule has 12 heavy (non-hydrogen) atoms. The van der Waals surface area contributed by atoms with Gasteiger partial charge in [0, 0.05) is 6.61 Å². The maximum atomic E-state index is 12.7. The SMILES string of the molecule is CC.OCCc1ccccc1F. The molecule has 1 nitrogen and oxygen atoms in total. The second-order valence-electron chi connectivity index (χ2n) is 2.07. The van der Waals surface area contributed by atoms with Crippen LogP contribution in [0.3, 0.4) is 0 Å². The molecule has 0 unspecified atom stereocenters. The number of benzene rings is 1. The van der Waals surface area contributed by atoms with Crippen molar-refractivity contribution in [3.05, 3.63) is 35.6 Å². The van der Waals surface area contributed by atoms with Crippen LogP contribution in [0.15, 0.2) is 24.3 Å². The Morgan fingerprint density at radius 3 is 2.33 bits per heavy atom. The van der Waals surface area contributed by atoms with Gasteiger partial charge in [0.2, 0.25) is 0 Å². The maximum Gasteiger partial charge on any atom is 0.126 e. The smallest absolute Gasteiger partial charge is 0.126 e. The molecule has 1 rings (SSSR count). The zero-order valence-electron chi connectivity index (χ0n) is 7.55. The third kappa shape index (κ3) is 3.49. The van der Waals surface area contributed by atoms with Crippen molar-refractivity contribution in [1.29, 1.82) is 0 Å². The van der Waals surface area contributed by atoms with Crippen LogP contribution in [0, 0.1) is 5.82 Å². The molecule has 1 aromatic carbocycles.